The van der Waals surface area contributed by atoms with Crippen LogP contribution >= 0.6 is 35.6 Å². The number of ether oxygens (including phenoxy) is 3. The highest BCUT2D eigenvalue weighted by molar-refractivity contribution is 6.30. The number of carbonyl (C=O) groups is 1. The summed E-state index contributed by atoms with van der Waals surface area (Å²) in [6, 6.07) is 20.0. The Morgan fingerprint density at radius 3 is 1.86 bits per heavy atom. The highest BCUT2D eigenvalue weighted by Crippen LogP contribution is 2.26. The molecule has 4 heterocycles. The van der Waals surface area contributed by atoms with E-state index in [2.05, 4.69) is 34.6 Å². The molecule has 272 valence electrons. The minimum Gasteiger partial charge on any atom is -0.444 e. The summed E-state index contributed by atoms with van der Waals surface area (Å²) in [4.78, 5) is 14.7. The molecule has 10 nitrogen and oxygen atoms in total. The first-order chi connectivity index (χ1) is 23.4. The van der Waals surface area contributed by atoms with Gasteiger partial charge >= 0.3 is 6.09 Å². The van der Waals surface area contributed by atoms with Crippen LogP contribution in [0.5, 0.6) is 0 Å². The Labute approximate surface area is 311 Å². The predicted molar refractivity (Wildman–Crippen MR) is 199 cm³/mol. The maximum atomic E-state index is 12.9. The molecule has 2 fully saturated rings. The first-order valence-electron chi connectivity index (χ1n) is 16.9. The van der Waals surface area contributed by atoms with Gasteiger partial charge in [0.15, 0.2) is 0 Å². The largest absolute Gasteiger partial charge is 0.444 e. The molecule has 0 saturated carbocycles. The van der Waals surface area contributed by atoms with E-state index < -0.39 is 5.60 Å². The van der Waals surface area contributed by atoms with Gasteiger partial charge in [-0.25, -0.2) is 4.79 Å². The van der Waals surface area contributed by atoms with Gasteiger partial charge in [-0.2, -0.15) is 10.2 Å². The molecule has 1 N–H and O–H groups in total. The highest BCUT2D eigenvalue weighted by atomic mass is 35.5. The Hall–Kier alpha value is -3.12. The van der Waals surface area contributed by atoms with Crippen LogP contribution in [0, 0.1) is 0 Å². The van der Waals surface area contributed by atoms with Gasteiger partial charge in [0.1, 0.15) is 5.60 Å². The fourth-order valence-corrected chi connectivity index (χ4v) is 6.24. The van der Waals surface area contributed by atoms with Gasteiger partial charge in [-0.15, -0.1) is 12.4 Å². The molecule has 2 saturated heterocycles. The van der Waals surface area contributed by atoms with Gasteiger partial charge in [0.05, 0.1) is 50.1 Å². The average Bonchev–Trinajstić information content (AvgIpc) is 3.82. The van der Waals surface area contributed by atoms with Crippen molar-refractivity contribution in [1.29, 1.82) is 0 Å². The highest BCUT2D eigenvalue weighted by Gasteiger charge is 2.37. The maximum absolute atomic E-state index is 12.9. The van der Waals surface area contributed by atoms with Crippen LogP contribution in [0.1, 0.15) is 57.8 Å². The molecule has 2 aromatic heterocycles. The lowest BCUT2D eigenvalue weighted by atomic mass is 10.0. The SMILES string of the molecule is C[C@H]([C@H]1CN(C(=O)OC(C)(C)C)[C@@H](Cc2ccc(Cl)cc2)CO1)n1cccn1.C[C@H]([C@H]1CN[C@@H](Cc2ccc(Cl)cc2)CO1)n1cccn1.Cl. The van der Waals surface area contributed by atoms with Crippen LogP contribution in [0.4, 0.5) is 4.79 Å². The van der Waals surface area contributed by atoms with Crippen LogP contribution in [-0.4, -0.2) is 86.8 Å². The van der Waals surface area contributed by atoms with E-state index in [0.29, 0.717) is 30.6 Å². The summed E-state index contributed by atoms with van der Waals surface area (Å²) in [6.07, 6.45) is 8.76. The van der Waals surface area contributed by atoms with Crippen molar-refractivity contribution in [2.45, 2.75) is 89.4 Å². The van der Waals surface area contributed by atoms with Crippen LogP contribution in [-0.2, 0) is 27.1 Å². The minimum atomic E-state index is -0.552. The predicted octanol–water partition coefficient (Wildman–Crippen LogP) is 7.46. The Morgan fingerprint density at radius 2 is 1.38 bits per heavy atom. The van der Waals surface area contributed by atoms with E-state index in [1.165, 1.54) is 5.56 Å². The van der Waals surface area contributed by atoms with E-state index in [1.807, 2.05) is 98.0 Å². The Kier molecular flexibility index (Phi) is 14.6. The van der Waals surface area contributed by atoms with Gasteiger partial charge in [0.2, 0.25) is 0 Å². The van der Waals surface area contributed by atoms with Gasteiger partial charge in [-0.1, -0.05) is 47.5 Å². The van der Waals surface area contributed by atoms with Crippen LogP contribution in [0.3, 0.4) is 0 Å². The molecule has 50 heavy (non-hydrogen) atoms. The Bertz CT molecular complexity index is 1560. The van der Waals surface area contributed by atoms with Crippen molar-refractivity contribution in [2.24, 2.45) is 0 Å². The van der Waals surface area contributed by atoms with Crippen molar-refractivity contribution in [2.75, 3.05) is 26.3 Å². The third kappa shape index (κ3) is 11.4. The first kappa shape index (κ1) is 39.7. The summed E-state index contributed by atoms with van der Waals surface area (Å²) in [6.45, 7) is 12.3. The van der Waals surface area contributed by atoms with Crippen LogP contribution in [0.25, 0.3) is 0 Å². The zero-order valence-corrected chi connectivity index (χ0v) is 31.7. The number of hydrogen-bond donors (Lipinski definition) is 1. The summed E-state index contributed by atoms with van der Waals surface area (Å²) >= 11 is 11.9. The maximum Gasteiger partial charge on any atom is 0.410 e. The topological polar surface area (TPSA) is 95.7 Å². The zero-order valence-electron chi connectivity index (χ0n) is 29.3. The molecule has 0 spiro atoms. The van der Waals surface area contributed by atoms with Gasteiger partial charge in [0, 0.05) is 47.4 Å². The van der Waals surface area contributed by atoms with E-state index in [4.69, 9.17) is 37.4 Å². The normalized spacial score (nSPS) is 22.0. The number of halogens is 3. The molecular formula is C37H49Cl3N6O4. The van der Waals surface area contributed by atoms with E-state index in [9.17, 15) is 4.79 Å². The van der Waals surface area contributed by atoms with Crippen molar-refractivity contribution < 1.29 is 19.0 Å². The number of rotatable bonds is 8. The van der Waals surface area contributed by atoms with Crippen LogP contribution in [0.15, 0.2) is 85.5 Å². The third-order valence-electron chi connectivity index (χ3n) is 8.81. The standard InChI is InChI=1S/C21H28ClN3O3.C16H20ClN3O.ClH/c1-15(25-11-5-10-23-25)19-13-24(20(26)28-21(2,3)4)18(14-27-19)12-16-6-8-17(22)9-7-16;1-12(20-8-2-7-19-20)16-10-18-15(11-21-16)9-13-3-5-14(17)6-4-13;/h5-11,15,18-19H,12-14H2,1-4H3;2-8,12,15-16,18H,9-11H2,1H3;1H/t15-,18+,19-;12-,15+,16-;/m11./s1. The number of morpholine rings is 2. The molecule has 6 atom stereocenters. The molecule has 0 radical (unpaired) electrons. The van der Waals surface area contributed by atoms with Gasteiger partial charge in [-0.05, 0) is 95.0 Å². The summed E-state index contributed by atoms with van der Waals surface area (Å²) in [5.41, 5.74) is 1.83. The second kappa shape index (κ2) is 18.4. The third-order valence-corrected chi connectivity index (χ3v) is 9.31. The minimum absolute atomic E-state index is 0. The number of benzene rings is 2. The number of hydrogen-bond acceptors (Lipinski definition) is 7. The Balaban J connectivity index is 0.000000229. The van der Waals surface area contributed by atoms with Crippen molar-refractivity contribution in [3.63, 3.8) is 0 Å². The van der Waals surface area contributed by atoms with Crippen LogP contribution < -0.4 is 5.32 Å². The number of amides is 1. The van der Waals surface area contributed by atoms with Gasteiger partial charge < -0.3 is 19.5 Å². The van der Waals surface area contributed by atoms with E-state index >= 15 is 0 Å². The van der Waals surface area contributed by atoms with Crippen molar-refractivity contribution in [3.8, 4) is 0 Å². The molecule has 0 aliphatic carbocycles. The number of nitrogens with one attached hydrogen (secondary N) is 1. The van der Waals surface area contributed by atoms with Gasteiger partial charge in [0.25, 0.3) is 0 Å². The molecule has 4 aromatic rings. The average molecular weight is 748 g/mol. The molecule has 13 heteroatoms. The van der Waals surface area contributed by atoms with E-state index in [0.717, 1.165) is 30.2 Å². The van der Waals surface area contributed by atoms with E-state index in [1.54, 1.807) is 17.3 Å². The number of aromatic nitrogens is 4. The number of carbonyl (C=O) groups excluding carboxylic acids is 1. The first-order valence-corrected chi connectivity index (χ1v) is 17.6. The molecule has 0 bridgehead atoms. The second-order valence-electron chi connectivity index (χ2n) is 13.7. The zero-order chi connectivity index (χ0) is 35.0. The smallest absolute Gasteiger partial charge is 0.410 e. The monoisotopic (exact) mass is 746 g/mol. The molecule has 2 aromatic carbocycles. The van der Waals surface area contributed by atoms with Gasteiger partial charge in [-0.3, -0.25) is 14.3 Å². The molecule has 0 unspecified atom stereocenters. The number of nitrogens with zero attached hydrogens (tertiary/aromatic N) is 5. The molecule has 6 rings (SSSR count). The summed E-state index contributed by atoms with van der Waals surface area (Å²) in [5.74, 6) is 0. The van der Waals surface area contributed by atoms with Crippen molar-refractivity contribution in [3.05, 3.63) is 107 Å². The second-order valence-corrected chi connectivity index (χ2v) is 14.6. The molecular weight excluding hydrogens is 699 g/mol. The lowest BCUT2D eigenvalue weighted by molar-refractivity contribution is -0.0853. The Morgan fingerprint density at radius 1 is 0.860 bits per heavy atom. The fourth-order valence-electron chi connectivity index (χ4n) is 5.99. The summed E-state index contributed by atoms with van der Waals surface area (Å²) in [5, 5.41) is 13.6. The van der Waals surface area contributed by atoms with Crippen LogP contribution in [0.2, 0.25) is 10.0 Å². The summed E-state index contributed by atoms with van der Waals surface area (Å²) < 4.78 is 21.6. The lowest BCUT2D eigenvalue weighted by Gasteiger charge is -2.42. The molecule has 2 aliphatic rings. The fraction of sp³-hybridized carbons (Fsp3) is 0.486. The summed E-state index contributed by atoms with van der Waals surface area (Å²) in [7, 11) is 0. The van der Waals surface area contributed by atoms with Crippen molar-refractivity contribution in [1.82, 2.24) is 29.8 Å². The molecule has 1 amide bonds. The quantitative estimate of drug-likeness (QED) is 0.200. The van der Waals surface area contributed by atoms with E-state index in [-0.39, 0.29) is 48.8 Å². The van der Waals surface area contributed by atoms with Crippen molar-refractivity contribution >= 4 is 41.7 Å². The lowest BCUT2D eigenvalue weighted by Crippen LogP contribution is -2.55. The molecule has 2 aliphatic heterocycles.